The van der Waals surface area contributed by atoms with Crippen molar-refractivity contribution < 1.29 is 9.53 Å². The van der Waals surface area contributed by atoms with E-state index in [2.05, 4.69) is 33.1 Å². The van der Waals surface area contributed by atoms with E-state index >= 15 is 0 Å². The van der Waals surface area contributed by atoms with Crippen molar-refractivity contribution in [2.75, 3.05) is 17.2 Å². The van der Waals surface area contributed by atoms with Gasteiger partial charge in [0.1, 0.15) is 11.8 Å². The molecule has 0 saturated heterocycles. The molecule has 31 heavy (non-hydrogen) atoms. The minimum absolute atomic E-state index is 0.211. The third-order valence-corrected chi connectivity index (χ3v) is 5.21. The number of unbranched alkanes of at least 4 members (excludes halogenated alkanes) is 1. The number of tetrazole rings is 1. The molecule has 0 spiro atoms. The van der Waals surface area contributed by atoms with Gasteiger partial charge in [-0.15, -0.1) is 0 Å². The van der Waals surface area contributed by atoms with E-state index in [0.29, 0.717) is 23.8 Å². The number of fused-ring (bicyclic) bond motifs is 1. The van der Waals surface area contributed by atoms with E-state index in [1.54, 1.807) is 4.68 Å². The molecule has 3 aromatic rings. The average Bonchev–Trinajstić information content (AvgIpc) is 3.22. The maximum atomic E-state index is 13.4. The molecule has 8 heteroatoms. The number of rotatable bonds is 7. The van der Waals surface area contributed by atoms with Crippen LogP contribution in [-0.4, -0.2) is 32.7 Å². The lowest BCUT2D eigenvalue weighted by Crippen LogP contribution is -2.31. The van der Waals surface area contributed by atoms with Crippen LogP contribution in [0.1, 0.15) is 43.9 Å². The van der Waals surface area contributed by atoms with Crippen LogP contribution >= 0.6 is 0 Å². The summed E-state index contributed by atoms with van der Waals surface area (Å²) in [6, 6.07) is 15.0. The molecule has 0 bridgehead atoms. The summed E-state index contributed by atoms with van der Waals surface area (Å²) in [6.45, 7) is 6.64. The third-order valence-electron chi connectivity index (χ3n) is 5.21. The normalized spacial score (nSPS) is 15.3. The molecular weight excluding hydrogens is 392 g/mol. The second-order valence-corrected chi connectivity index (χ2v) is 7.61. The Morgan fingerprint density at radius 1 is 1.19 bits per heavy atom. The highest BCUT2D eigenvalue weighted by atomic mass is 16.5. The number of carbonyl (C=O) groups excluding carboxylic acids is 1. The molecular formula is C23H26N6O2. The molecule has 2 heterocycles. The zero-order valence-electron chi connectivity index (χ0n) is 17.9. The molecule has 1 atom stereocenters. The smallest absolute Gasteiger partial charge is 0.255 e. The van der Waals surface area contributed by atoms with Crippen molar-refractivity contribution in [3.63, 3.8) is 0 Å². The number of hydrogen-bond donors (Lipinski definition) is 2. The fourth-order valence-corrected chi connectivity index (χ4v) is 3.56. The van der Waals surface area contributed by atoms with Crippen LogP contribution in [-0.2, 0) is 4.79 Å². The van der Waals surface area contributed by atoms with E-state index in [1.165, 1.54) is 0 Å². The summed E-state index contributed by atoms with van der Waals surface area (Å²) >= 11 is 0. The van der Waals surface area contributed by atoms with Crippen LogP contribution in [0.2, 0.25) is 0 Å². The predicted molar refractivity (Wildman–Crippen MR) is 119 cm³/mol. The molecule has 1 aromatic heterocycles. The Labute approximate surface area is 181 Å². The number of nitrogens with zero attached hydrogens (tertiary/aromatic N) is 4. The quantitative estimate of drug-likeness (QED) is 0.562. The maximum absolute atomic E-state index is 13.4. The number of carbonyl (C=O) groups is 1. The van der Waals surface area contributed by atoms with Gasteiger partial charge in [-0.05, 0) is 60.5 Å². The second-order valence-electron chi connectivity index (χ2n) is 7.61. The van der Waals surface area contributed by atoms with Crippen molar-refractivity contribution >= 4 is 17.5 Å². The fraction of sp³-hybridized carbons (Fsp3) is 0.304. The molecule has 160 valence electrons. The molecule has 1 aliphatic rings. The number of amides is 1. The lowest BCUT2D eigenvalue weighted by molar-refractivity contribution is -0.113. The van der Waals surface area contributed by atoms with Crippen LogP contribution in [0.25, 0.3) is 0 Å². The van der Waals surface area contributed by atoms with Crippen molar-refractivity contribution in [3.8, 4) is 5.75 Å². The highest BCUT2D eigenvalue weighted by Crippen LogP contribution is 2.36. The first-order valence-electron chi connectivity index (χ1n) is 10.4. The molecule has 8 nitrogen and oxygen atoms in total. The Bertz CT molecular complexity index is 1100. The molecule has 1 aliphatic heterocycles. The van der Waals surface area contributed by atoms with Crippen molar-refractivity contribution in [3.05, 3.63) is 70.9 Å². The van der Waals surface area contributed by atoms with Crippen molar-refractivity contribution in [2.45, 2.75) is 39.7 Å². The summed E-state index contributed by atoms with van der Waals surface area (Å²) in [6.07, 6.45) is 2.05. The molecule has 0 radical (unpaired) electrons. The van der Waals surface area contributed by atoms with Crippen molar-refractivity contribution in [2.24, 2.45) is 0 Å². The molecule has 2 aromatic carbocycles. The van der Waals surface area contributed by atoms with E-state index in [9.17, 15) is 4.79 Å². The van der Waals surface area contributed by atoms with E-state index < -0.39 is 6.04 Å². The number of hydrogen-bond acceptors (Lipinski definition) is 6. The predicted octanol–water partition coefficient (Wildman–Crippen LogP) is 4.09. The van der Waals surface area contributed by atoms with Crippen molar-refractivity contribution in [1.82, 2.24) is 20.2 Å². The second kappa shape index (κ2) is 8.99. The van der Waals surface area contributed by atoms with Gasteiger partial charge in [0, 0.05) is 11.4 Å². The summed E-state index contributed by atoms with van der Waals surface area (Å²) in [5, 5.41) is 18.1. The Hall–Kier alpha value is -3.68. The summed E-state index contributed by atoms with van der Waals surface area (Å²) < 4.78 is 7.51. The Morgan fingerprint density at radius 2 is 2.00 bits per heavy atom. The largest absolute Gasteiger partial charge is 0.494 e. The zero-order valence-corrected chi connectivity index (χ0v) is 17.9. The van der Waals surface area contributed by atoms with Gasteiger partial charge in [0.15, 0.2) is 0 Å². The number of aryl methyl sites for hydroxylation is 1. The van der Waals surface area contributed by atoms with Gasteiger partial charge in [0.05, 0.1) is 12.2 Å². The van der Waals surface area contributed by atoms with E-state index in [0.717, 1.165) is 35.4 Å². The maximum Gasteiger partial charge on any atom is 0.255 e. The van der Waals surface area contributed by atoms with E-state index in [-0.39, 0.29) is 5.91 Å². The summed E-state index contributed by atoms with van der Waals surface area (Å²) in [5.41, 5.74) is 3.98. The van der Waals surface area contributed by atoms with Gasteiger partial charge in [-0.2, -0.15) is 4.68 Å². The standard InChI is InChI=1S/C23H26N6O2/c1-4-5-13-31-19-8-6-7-17(14-19)21-20(16(3)24-23-26-27-28-29(21)23)22(30)25-18-11-9-15(2)10-12-18/h6-12,14,21H,4-5,13H2,1-3H3,(H,25,30)(H,24,26,28). The number of benzene rings is 2. The van der Waals surface area contributed by atoms with Gasteiger partial charge in [-0.25, -0.2) is 0 Å². The summed E-state index contributed by atoms with van der Waals surface area (Å²) in [4.78, 5) is 13.4. The lowest BCUT2D eigenvalue weighted by Gasteiger charge is -2.28. The molecule has 2 N–H and O–H groups in total. The van der Waals surface area contributed by atoms with Crippen LogP contribution in [0.5, 0.6) is 5.75 Å². The number of allylic oxidation sites excluding steroid dienone is 1. The molecule has 0 fully saturated rings. The van der Waals surface area contributed by atoms with Gasteiger partial charge < -0.3 is 15.4 Å². The van der Waals surface area contributed by atoms with E-state index in [1.807, 2.05) is 62.4 Å². The molecule has 1 unspecified atom stereocenters. The van der Waals surface area contributed by atoms with Gasteiger partial charge in [0.25, 0.3) is 5.91 Å². The highest BCUT2D eigenvalue weighted by Gasteiger charge is 2.34. The first-order valence-corrected chi connectivity index (χ1v) is 10.4. The monoisotopic (exact) mass is 418 g/mol. The van der Waals surface area contributed by atoms with Gasteiger partial charge in [-0.3, -0.25) is 4.79 Å². The summed E-state index contributed by atoms with van der Waals surface area (Å²) in [7, 11) is 0. The Kier molecular flexibility index (Phi) is 5.97. The highest BCUT2D eigenvalue weighted by molar-refractivity contribution is 6.06. The first kappa shape index (κ1) is 20.6. The summed E-state index contributed by atoms with van der Waals surface area (Å²) in [5.74, 6) is 1.04. The number of aromatic nitrogens is 4. The molecule has 4 rings (SSSR count). The zero-order chi connectivity index (χ0) is 21.8. The average molecular weight is 419 g/mol. The number of ether oxygens (including phenoxy) is 1. The fourth-order valence-electron chi connectivity index (χ4n) is 3.56. The lowest BCUT2D eigenvalue weighted by atomic mass is 9.94. The Balaban J connectivity index is 1.69. The van der Waals surface area contributed by atoms with Gasteiger partial charge in [0.2, 0.25) is 5.95 Å². The van der Waals surface area contributed by atoms with Gasteiger partial charge >= 0.3 is 0 Å². The molecule has 0 saturated carbocycles. The Morgan fingerprint density at radius 3 is 2.77 bits per heavy atom. The molecule has 0 aliphatic carbocycles. The minimum atomic E-state index is -0.480. The van der Waals surface area contributed by atoms with Crippen LogP contribution < -0.4 is 15.4 Å². The van der Waals surface area contributed by atoms with E-state index in [4.69, 9.17) is 4.74 Å². The van der Waals surface area contributed by atoms with Crippen LogP contribution in [0.15, 0.2) is 59.8 Å². The number of nitrogens with one attached hydrogen (secondary N) is 2. The van der Waals surface area contributed by atoms with Crippen LogP contribution in [0.3, 0.4) is 0 Å². The first-order chi connectivity index (χ1) is 15.1. The van der Waals surface area contributed by atoms with Crippen LogP contribution in [0.4, 0.5) is 11.6 Å². The molecule has 1 amide bonds. The third kappa shape index (κ3) is 4.42. The topological polar surface area (TPSA) is 94.0 Å². The SMILES string of the molecule is CCCCOc1cccc(C2C(C(=O)Nc3ccc(C)cc3)=C(C)Nc3nnnn32)c1. The van der Waals surface area contributed by atoms with Gasteiger partial charge in [-0.1, -0.05) is 48.3 Å². The van der Waals surface area contributed by atoms with Crippen molar-refractivity contribution in [1.29, 1.82) is 0 Å². The number of anilines is 2. The van der Waals surface area contributed by atoms with Crippen LogP contribution in [0, 0.1) is 6.92 Å². The minimum Gasteiger partial charge on any atom is -0.494 e.